The number of aromatic nitrogens is 2. The lowest BCUT2D eigenvalue weighted by atomic mass is 10.2. The minimum atomic E-state index is -0.899. The fraction of sp³-hybridized carbons (Fsp3) is 0.211. The topological polar surface area (TPSA) is 84.3 Å². The van der Waals surface area contributed by atoms with E-state index in [4.69, 9.17) is 4.74 Å². The molecule has 1 unspecified atom stereocenters. The number of ether oxygens (including phenoxy) is 1. The average Bonchev–Trinajstić information content (AvgIpc) is 3.15. The van der Waals surface area contributed by atoms with E-state index in [-0.39, 0.29) is 18.9 Å². The highest BCUT2D eigenvalue weighted by Gasteiger charge is 2.13. The van der Waals surface area contributed by atoms with Crippen LogP contribution in [0.5, 0.6) is 5.88 Å². The molecule has 0 aliphatic heterocycles. The average molecular weight is 369 g/mol. The summed E-state index contributed by atoms with van der Waals surface area (Å²) in [6.45, 7) is 0.0781. The number of aliphatic hydroxyl groups excluding tert-OH is 1. The van der Waals surface area contributed by atoms with Crippen LogP contribution < -0.4 is 10.1 Å². The molecule has 1 amide bonds. The number of benzene rings is 1. The van der Waals surface area contributed by atoms with E-state index in [9.17, 15) is 9.90 Å². The molecule has 0 fully saturated rings. The van der Waals surface area contributed by atoms with E-state index in [1.54, 1.807) is 18.2 Å². The molecule has 134 valence electrons. The maximum atomic E-state index is 12.1. The maximum absolute atomic E-state index is 12.1. The molecule has 2 N–H and O–H groups in total. The van der Waals surface area contributed by atoms with Crippen molar-refractivity contribution < 1.29 is 14.6 Å². The summed E-state index contributed by atoms with van der Waals surface area (Å²) in [5.74, 6) is 0.223. The summed E-state index contributed by atoms with van der Waals surface area (Å²) >= 11 is 1.51. The standard InChI is InChI=1S/C19H19N3O3S/c1-25-18-9-5-8-15(22-18)16(23)11-20-17(24)10-14-12-26-19(21-14)13-6-3-2-4-7-13/h2-9,12,16,23H,10-11H2,1H3,(H,20,24). The van der Waals surface area contributed by atoms with Gasteiger partial charge in [-0.05, 0) is 6.07 Å². The zero-order chi connectivity index (χ0) is 18.4. The molecule has 0 radical (unpaired) electrons. The van der Waals surface area contributed by atoms with Crippen molar-refractivity contribution in [3.05, 3.63) is 65.3 Å². The Kier molecular flexibility index (Phi) is 5.93. The number of carbonyl (C=O) groups is 1. The van der Waals surface area contributed by atoms with Gasteiger partial charge in [-0.15, -0.1) is 11.3 Å². The molecular weight excluding hydrogens is 350 g/mol. The highest BCUT2D eigenvalue weighted by molar-refractivity contribution is 7.13. The van der Waals surface area contributed by atoms with Crippen molar-refractivity contribution in [2.75, 3.05) is 13.7 Å². The van der Waals surface area contributed by atoms with E-state index in [1.165, 1.54) is 18.4 Å². The molecule has 6 nitrogen and oxygen atoms in total. The molecule has 0 saturated heterocycles. The van der Waals surface area contributed by atoms with Crippen LogP contribution >= 0.6 is 11.3 Å². The van der Waals surface area contributed by atoms with Crippen molar-refractivity contribution in [3.8, 4) is 16.5 Å². The van der Waals surface area contributed by atoms with Gasteiger partial charge < -0.3 is 15.2 Å². The summed E-state index contributed by atoms with van der Waals surface area (Å²) in [5, 5.41) is 15.6. The Balaban J connectivity index is 1.53. The third kappa shape index (κ3) is 4.65. The normalized spacial score (nSPS) is 11.8. The zero-order valence-corrected chi connectivity index (χ0v) is 15.1. The fourth-order valence-electron chi connectivity index (χ4n) is 2.37. The second-order valence-corrected chi connectivity index (χ2v) is 6.47. The SMILES string of the molecule is COc1cccc(C(O)CNC(=O)Cc2csc(-c3ccccc3)n2)n1. The van der Waals surface area contributed by atoms with Gasteiger partial charge in [0.25, 0.3) is 0 Å². The minimum absolute atomic E-state index is 0.0781. The minimum Gasteiger partial charge on any atom is -0.481 e. The monoisotopic (exact) mass is 369 g/mol. The molecule has 0 aliphatic carbocycles. The molecule has 0 bridgehead atoms. The number of methoxy groups -OCH3 is 1. The molecule has 2 heterocycles. The van der Waals surface area contributed by atoms with Crippen molar-refractivity contribution in [3.63, 3.8) is 0 Å². The predicted octanol–water partition coefficient (Wildman–Crippen LogP) is 2.61. The smallest absolute Gasteiger partial charge is 0.226 e. The number of thiazole rings is 1. The van der Waals surface area contributed by atoms with Crippen molar-refractivity contribution in [1.82, 2.24) is 15.3 Å². The largest absolute Gasteiger partial charge is 0.481 e. The van der Waals surface area contributed by atoms with Crippen LogP contribution in [-0.4, -0.2) is 34.6 Å². The Morgan fingerprint density at radius 1 is 1.19 bits per heavy atom. The first-order valence-electron chi connectivity index (χ1n) is 8.11. The lowest BCUT2D eigenvalue weighted by Gasteiger charge is -2.12. The van der Waals surface area contributed by atoms with Gasteiger partial charge in [0, 0.05) is 23.6 Å². The summed E-state index contributed by atoms with van der Waals surface area (Å²) < 4.78 is 5.03. The molecule has 1 atom stereocenters. The summed E-state index contributed by atoms with van der Waals surface area (Å²) in [6, 6.07) is 15.0. The van der Waals surface area contributed by atoms with Crippen molar-refractivity contribution in [2.24, 2.45) is 0 Å². The lowest BCUT2D eigenvalue weighted by molar-refractivity contribution is -0.120. The van der Waals surface area contributed by atoms with Crippen LogP contribution in [0.3, 0.4) is 0 Å². The van der Waals surface area contributed by atoms with Gasteiger partial charge in [0.2, 0.25) is 11.8 Å². The Morgan fingerprint density at radius 3 is 2.77 bits per heavy atom. The number of hydrogen-bond acceptors (Lipinski definition) is 6. The van der Waals surface area contributed by atoms with Gasteiger partial charge in [0.1, 0.15) is 11.1 Å². The van der Waals surface area contributed by atoms with E-state index in [1.807, 2.05) is 35.7 Å². The van der Waals surface area contributed by atoms with E-state index in [0.717, 1.165) is 10.6 Å². The first-order valence-corrected chi connectivity index (χ1v) is 8.99. The van der Waals surface area contributed by atoms with Crippen LogP contribution in [-0.2, 0) is 11.2 Å². The van der Waals surface area contributed by atoms with Crippen LogP contribution in [0, 0.1) is 0 Å². The number of nitrogens with zero attached hydrogens (tertiary/aromatic N) is 2. The van der Waals surface area contributed by atoms with Crippen molar-refractivity contribution in [1.29, 1.82) is 0 Å². The second kappa shape index (κ2) is 8.55. The number of aliphatic hydroxyl groups is 1. The van der Waals surface area contributed by atoms with Crippen LogP contribution in [0.1, 0.15) is 17.5 Å². The van der Waals surface area contributed by atoms with Crippen LogP contribution in [0.2, 0.25) is 0 Å². The summed E-state index contributed by atoms with van der Waals surface area (Å²) in [7, 11) is 1.51. The number of nitrogens with one attached hydrogen (secondary N) is 1. The maximum Gasteiger partial charge on any atom is 0.226 e. The number of rotatable bonds is 7. The molecule has 0 aliphatic rings. The van der Waals surface area contributed by atoms with E-state index < -0.39 is 6.10 Å². The number of hydrogen-bond donors (Lipinski definition) is 2. The van der Waals surface area contributed by atoms with Gasteiger partial charge in [-0.3, -0.25) is 4.79 Å². The molecule has 26 heavy (non-hydrogen) atoms. The predicted molar refractivity (Wildman–Crippen MR) is 100 cm³/mol. The summed E-state index contributed by atoms with van der Waals surface area (Å²) in [4.78, 5) is 20.8. The highest BCUT2D eigenvalue weighted by Crippen LogP contribution is 2.23. The molecule has 7 heteroatoms. The molecule has 0 spiro atoms. The number of amides is 1. The zero-order valence-electron chi connectivity index (χ0n) is 14.3. The molecule has 2 aromatic heterocycles. The van der Waals surface area contributed by atoms with Gasteiger partial charge in [0.05, 0.1) is 24.9 Å². The summed E-state index contributed by atoms with van der Waals surface area (Å²) in [5.41, 5.74) is 2.19. The van der Waals surface area contributed by atoms with E-state index in [0.29, 0.717) is 17.3 Å². The third-order valence-corrected chi connectivity index (χ3v) is 4.64. The molecule has 3 rings (SSSR count). The summed E-state index contributed by atoms with van der Waals surface area (Å²) in [6.07, 6.45) is -0.730. The first kappa shape index (κ1) is 18.0. The molecule has 3 aromatic rings. The van der Waals surface area contributed by atoms with Crippen LogP contribution in [0.25, 0.3) is 10.6 Å². The van der Waals surface area contributed by atoms with Gasteiger partial charge in [-0.2, -0.15) is 0 Å². The van der Waals surface area contributed by atoms with Crippen molar-refractivity contribution >= 4 is 17.2 Å². The Bertz CT molecular complexity index is 867. The van der Waals surface area contributed by atoms with Crippen molar-refractivity contribution in [2.45, 2.75) is 12.5 Å². The van der Waals surface area contributed by atoms with Gasteiger partial charge in [-0.25, -0.2) is 9.97 Å². The quantitative estimate of drug-likeness (QED) is 0.669. The van der Waals surface area contributed by atoms with Crippen LogP contribution in [0.15, 0.2) is 53.9 Å². The van der Waals surface area contributed by atoms with Gasteiger partial charge in [-0.1, -0.05) is 36.4 Å². The third-order valence-electron chi connectivity index (χ3n) is 3.70. The Labute approximate surface area is 155 Å². The lowest BCUT2D eigenvalue weighted by Crippen LogP contribution is -2.30. The Morgan fingerprint density at radius 2 is 2.00 bits per heavy atom. The van der Waals surface area contributed by atoms with Gasteiger partial charge >= 0.3 is 0 Å². The fourth-order valence-corrected chi connectivity index (χ4v) is 3.20. The number of pyridine rings is 1. The Hall–Kier alpha value is -2.77. The molecule has 0 saturated carbocycles. The highest BCUT2D eigenvalue weighted by atomic mass is 32.1. The first-order chi connectivity index (χ1) is 12.7. The molecular formula is C19H19N3O3S. The van der Waals surface area contributed by atoms with E-state index in [2.05, 4.69) is 15.3 Å². The second-order valence-electron chi connectivity index (χ2n) is 5.61. The van der Waals surface area contributed by atoms with Crippen LogP contribution in [0.4, 0.5) is 0 Å². The van der Waals surface area contributed by atoms with Gasteiger partial charge in [0.15, 0.2) is 0 Å². The number of carbonyl (C=O) groups excluding carboxylic acids is 1. The molecule has 1 aromatic carbocycles. The van der Waals surface area contributed by atoms with E-state index >= 15 is 0 Å².